The number of nitrogens with zero attached hydrogens (tertiary/aromatic N) is 1. The zero-order valence-corrected chi connectivity index (χ0v) is 14.6. The van der Waals surface area contributed by atoms with E-state index < -0.39 is 0 Å². The highest BCUT2D eigenvalue weighted by Crippen LogP contribution is 2.30. The molecule has 2 aromatic rings. The van der Waals surface area contributed by atoms with Crippen LogP contribution in [-0.4, -0.2) is 38.8 Å². The van der Waals surface area contributed by atoms with Crippen molar-refractivity contribution in [2.45, 2.75) is 0 Å². The minimum atomic E-state index is 0.0100. The molecular formula is C13H16BrNO3S2. The van der Waals surface area contributed by atoms with Crippen molar-refractivity contribution in [3.8, 4) is 0 Å². The number of hydrogen-bond donors (Lipinski definition) is 0. The van der Waals surface area contributed by atoms with Gasteiger partial charge in [-0.05, 0) is 15.9 Å². The van der Waals surface area contributed by atoms with Gasteiger partial charge in [-0.15, -0.1) is 11.3 Å². The number of fused-ring (bicyclic) bond motifs is 1. The van der Waals surface area contributed by atoms with Crippen LogP contribution in [0.2, 0.25) is 0 Å². The summed E-state index contributed by atoms with van der Waals surface area (Å²) in [6.07, 6.45) is 0. The Balaban J connectivity index is 2.04. The first-order chi connectivity index (χ1) is 9.63. The topological polar surface area (TPSA) is 42.7 Å². The molecule has 7 heteroatoms. The van der Waals surface area contributed by atoms with E-state index >= 15 is 0 Å². The van der Waals surface area contributed by atoms with E-state index in [1.54, 1.807) is 13.2 Å². The Labute approximate surface area is 134 Å². The highest BCUT2D eigenvalue weighted by Gasteiger charge is 2.12. The van der Waals surface area contributed by atoms with E-state index in [4.69, 9.17) is 9.15 Å². The van der Waals surface area contributed by atoms with Gasteiger partial charge in [-0.3, -0.25) is 4.79 Å². The smallest absolute Gasteiger partial charge is 0.204 e. The lowest BCUT2D eigenvalue weighted by Gasteiger charge is -2.17. The summed E-state index contributed by atoms with van der Waals surface area (Å²) in [6.45, 7) is 1.59. The lowest BCUT2D eigenvalue weighted by molar-refractivity contribution is 0.218. The third kappa shape index (κ3) is 3.78. The third-order valence-corrected chi connectivity index (χ3v) is 5.56. The zero-order chi connectivity index (χ0) is 14.5. The molecule has 0 atom stereocenters. The number of anilines is 1. The summed E-state index contributed by atoms with van der Waals surface area (Å²) >= 11 is 6.62. The predicted molar refractivity (Wildman–Crippen MR) is 90.5 cm³/mol. The average molecular weight is 378 g/mol. The van der Waals surface area contributed by atoms with Crippen LogP contribution in [0.1, 0.15) is 0 Å². The van der Waals surface area contributed by atoms with Gasteiger partial charge < -0.3 is 14.1 Å². The second-order valence-electron chi connectivity index (χ2n) is 4.22. The van der Waals surface area contributed by atoms with E-state index in [0.29, 0.717) is 16.2 Å². The van der Waals surface area contributed by atoms with Crippen LogP contribution in [0, 0.1) is 0 Å². The fraction of sp³-hybridized carbons (Fsp3) is 0.462. The largest absolute Gasteiger partial charge is 0.438 e. The van der Waals surface area contributed by atoms with Crippen LogP contribution in [-0.2, 0) is 4.74 Å². The number of ether oxygens (including phenoxy) is 1. The van der Waals surface area contributed by atoms with Gasteiger partial charge in [-0.25, -0.2) is 0 Å². The molecule has 2 heterocycles. The zero-order valence-electron chi connectivity index (χ0n) is 11.3. The molecule has 110 valence electrons. The summed E-state index contributed by atoms with van der Waals surface area (Å²) in [5, 5.41) is 1.87. The molecule has 0 amide bonds. The monoisotopic (exact) mass is 377 g/mol. The van der Waals surface area contributed by atoms with Crippen LogP contribution < -0.4 is 10.3 Å². The van der Waals surface area contributed by atoms with E-state index in [1.165, 1.54) is 11.3 Å². The maximum atomic E-state index is 12.0. The maximum absolute atomic E-state index is 12.0. The summed E-state index contributed by atoms with van der Waals surface area (Å²) in [7, 11) is 3.64. The van der Waals surface area contributed by atoms with Crippen molar-refractivity contribution in [1.29, 1.82) is 0 Å². The lowest BCUT2D eigenvalue weighted by atomic mass is 10.4. The molecule has 0 aliphatic heterocycles. The number of halogens is 1. The van der Waals surface area contributed by atoms with Crippen LogP contribution in [0.4, 0.5) is 5.88 Å². The van der Waals surface area contributed by atoms with Crippen LogP contribution in [0.15, 0.2) is 25.1 Å². The Kier molecular flexibility index (Phi) is 5.95. The van der Waals surface area contributed by atoms with E-state index in [1.807, 2.05) is 29.1 Å². The van der Waals surface area contributed by atoms with Gasteiger partial charge in [0.15, 0.2) is 11.5 Å². The molecule has 0 aromatic carbocycles. The molecule has 0 aliphatic rings. The van der Waals surface area contributed by atoms with Crippen molar-refractivity contribution in [3.05, 3.63) is 26.1 Å². The second-order valence-corrected chi connectivity index (χ2v) is 7.18. The molecule has 0 saturated carbocycles. The fourth-order valence-corrected chi connectivity index (χ4v) is 3.99. The Morgan fingerprint density at radius 3 is 3.05 bits per heavy atom. The van der Waals surface area contributed by atoms with Gasteiger partial charge in [0.05, 0.1) is 11.1 Å². The number of hydrogen-bond acceptors (Lipinski definition) is 6. The quantitative estimate of drug-likeness (QED) is 0.691. The first-order valence-corrected chi connectivity index (χ1v) is 8.95. The van der Waals surface area contributed by atoms with E-state index in [-0.39, 0.29) is 5.43 Å². The summed E-state index contributed by atoms with van der Waals surface area (Å²) in [6, 6.07) is 1.56. The molecule has 0 fully saturated rings. The average Bonchev–Trinajstić information content (AvgIpc) is 2.81. The van der Waals surface area contributed by atoms with E-state index in [9.17, 15) is 4.79 Å². The first kappa shape index (κ1) is 15.9. The van der Waals surface area contributed by atoms with Crippen LogP contribution in [0.5, 0.6) is 0 Å². The van der Waals surface area contributed by atoms with Gasteiger partial charge in [0.2, 0.25) is 5.43 Å². The van der Waals surface area contributed by atoms with E-state index in [0.717, 1.165) is 29.1 Å². The molecule has 0 radical (unpaired) electrons. The van der Waals surface area contributed by atoms with E-state index in [2.05, 4.69) is 15.9 Å². The van der Waals surface area contributed by atoms with Crippen molar-refractivity contribution >= 4 is 55.2 Å². The van der Waals surface area contributed by atoms with Gasteiger partial charge in [-0.1, -0.05) is 0 Å². The molecule has 20 heavy (non-hydrogen) atoms. The molecule has 2 rings (SSSR count). The van der Waals surface area contributed by atoms with Gasteiger partial charge >= 0.3 is 0 Å². The Morgan fingerprint density at radius 2 is 2.30 bits per heavy atom. The fourth-order valence-electron chi connectivity index (χ4n) is 1.65. The van der Waals surface area contributed by atoms with Gasteiger partial charge in [0.1, 0.15) is 4.70 Å². The Morgan fingerprint density at radius 1 is 1.50 bits per heavy atom. The number of rotatable bonds is 7. The standard InChI is InChI=1S/C13H16BrNO3S2/c1-15(3-5-19-6-4-17-2)11-7-10(16)13-12(18-11)9(14)8-20-13/h7-8H,3-6H2,1-2H3. The summed E-state index contributed by atoms with van der Waals surface area (Å²) in [4.78, 5) is 14.0. The third-order valence-electron chi connectivity index (χ3n) is 2.77. The number of thioether (sulfide) groups is 1. The summed E-state index contributed by atoms with van der Waals surface area (Å²) in [5.41, 5.74) is 0.646. The highest BCUT2D eigenvalue weighted by molar-refractivity contribution is 9.10. The van der Waals surface area contributed by atoms with Crippen LogP contribution >= 0.6 is 39.0 Å². The molecule has 2 aromatic heterocycles. The summed E-state index contributed by atoms with van der Waals surface area (Å²) in [5.74, 6) is 2.55. The molecule has 0 bridgehead atoms. The van der Waals surface area contributed by atoms with Crippen molar-refractivity contribution in [1.82, 2.24) is 0 Å². The minimum absolute atomic E-state index is 0.0100. The minimum Gasteiger partial charge on any atom is -0.438 e. The van der Waals surface area contributed by atoms with Crippen molar-refractivity contribution in [3.63, 3.8) is 0 Å². The molecular weight excluding hydrogens is 362 g/mol. The van der Waals surface area contributed by atoms with Gasteiger partial charge in [-0.2, -0.15) is 11.8 Å². The molecule has 0 unspecified atom stereocenters. The van der Waals surface area contributed by atoms with Crippen molar-refractivity contribution in [2.75, 3.05) is 43.7 Å². The molecule has 0 N–H and O–H groups in total. The lowest BCUT2D eigenvalue weighted by Crippen LogP contribution is -2.21. The second kappa shape index (κ2) is 7.49. The Hall–Kier alpha value is -0.500. The summed E-state index contributed by atoms with van der Waals surface area (Å²) < 4.78 is 12.3. The molecule has 0 spiro atoms. The van der Waals surface area contributed by atoms with Crippen molar-refractivity contribution < 1.29 is 9.15 Å². The normalized spacial score (nSPS) is 11.2. The molecule has 4 nitrogen and oxygen atoms in total. The van der Waals surface area contributed by atoms with Gasteiger partial charge in [0.25, 0.3) is 0 Å². The van der Waals surface area contributed by atoms with Crippen LogP contribution in [0.3, 0.4) is 0 Å². The van der Waals surface area contributed by atoms with Gasteiger partial charge in [0, 0.05) is 43.7 Å². The van der Waals surface area contributed by atoms with Crippen LogP contribution in [0.25, 0.3) is 10.3 Å². The van der Waals surface area contributed by atoms with Crippen molar-refractivity contribution in [2.24, 2.45) is 0 Å². The highest BCUT2D eigenvalue weighted by atomic mass is 79.9. The molecule has 0 saturated heterocycles. The molecule has 0 aliphatic carbocycles. The number of methoxy groups -OCH3 is 1. The predicted octanol–water partition coefficient (Wildman–Crippen LogP) is 3.43. The maximum Gasteiger partial charge on any atom is 0.204 e. The number of thiophene rings is 1. The SMILES string of the molecule is COCCSCCN(C)c1cc(=O)c2scc(Br)c2o1. The Bertz CT molecular complexity index is 626. The first-order valence-electron chi connectivity index (χ1n) is 6.12.